The van der Waals surface area contributed by atoms with Crippen LogP contribution in [0.2, 0.25) is 0 Å². The van der Waals surface area contributed by atoms with Crippen LogP contribution in [-0.4, -0.2) is 34.8 Å². The highest BCUT2D eigenvalue weighted by Gasteiger charge is 2.52. The highest BCUT2D eigenvalue weighted by molar-refractivity contribution is 6.07. The van der Waals surface area contributed by atoms with Crippen LogP contribution in [0.15, 0.2) is 24.3 Å². The van der Waals surface area contributed by atoms with Crippen LogP contribution in [0.4, 0.5) is 10.5 Å². The number of carbonyl (C=O) groups is 3. The molecule has 0 bridgehead atoms. The molecule has 1 atom stereocenters. The average Bonchev–Trinajstić information content (AvgIpc) is 3.19. The Labute approximate surface area is 154 Å². The third-order valence-electron chi connectivity index (χ3n) is 5.64. The molecular formula is C20H27N3O3. The van der Waals surface area contributed by atoms with Crippen LogP contribution in [0.1, 0.15) is 63.9 Å². The molecule has 26 heavy (non-hydrogen) atoms. The number of nitrogens with zero attached hydrogens (tertiary/aromatic N) is 1. The van der Waals surface area contributed by atoms with Crippen molar-refractivity contribution in [1.29, 1.82) is 0 Å². The van der Waals surface area contributed by atoms with Gasteiger partial charge in [-0.1, -0.05) is 38.8 Å². The van der Waals surface area contributed by atoms with Gasteiger partial charge in [-0.05, 0) is 42.9 Å². The topological polar surface area (TPSA) is 78.5 Å². The second-order valence-electron chi connectivity index (χ2n) is 7.41. The number of nitrogens with one attached hydrogen (secondary N) is 2. The van der Waals surface area contributed by atoms with Crippen molar-refractivity contribution in [3.8, 4) is 0 Å². The summed E-state index contributed by atoms with van der Waals surface area (Å²) >= 11 is 0. The number of carbonyl (C=O) groups excluding carboxylic acids is 3. The predicted molar refractivity (Wildman–Crippen MR) is 99.8 cm³/mol. The molecule has 3 rings (SSSR count). The molecule has 1 aliphatic carbocycles. The summed E-state index contributed by atoms with van der Waals surface area (Å²) in [7, 11) is 0. The van der Waals surface area contributed by atoms with Gasteiger partial charge in [0.15, 0.2) is 0 Å². The Bertz CT molecular complexity index is 693. The van der Waals surface area contributed by atoms with Crippen LogP contribution in [-0.2, 0) is 9.59 Å². The second kappa shape index (κ2) is 7.48. The Morgan fingerprint density at radius 2 is 1.88 bits per heavy atom. The standard InChI is InChI=1S/C20H27N3O3/c1-3-14(2)15-6-8-16(9-7-15)21-17(24)10-13-23-18(25)20(22-19(23)26)11-4-5-12-20/h6-9,14H,3-5,10-13H2,1-2H3,(H,21,24)(H,22,26). The molecular weight excluding hydrogens is 330 g/mol. The first-order valence-electron chi connectivity index (χ1n) is 9.49. The van der Waals surface area contributed by atoms with E-state index < -0.39 is 5.54 Å². The van der Waals surface area contributed by atoms with E-state index >= 15 is 0 Å². The minimum atomic E-state index is -0.709. The lowest BCUT2D eigenvalue weighted by Gasteiger charge is -2.19. The maximum absolute atomic E-state index is 12.6. The normalized spacial score (nSPS) is 19.7. The van der Waals surface area contributed by atoms with Crippen molar-refractivity contribution in [2.75, 3.05) is 11.9 Å². The number of benzene rings is 1. The van der Waals surface area contributed by atoms with Gasteiger partial charge in [0.25, 0.3) is 5.91 Å². The number of amides is 4. The van der Waals surface area contributed by atoms with Gasteiger partial charge in [-0.3, -0.25) is 14.5 Å². The lowest BCUT2D eigenvalue weighted by atomic mass is 9.98. The maximum Gasteiger partial charge on any atom is 0.325 e. The Balaban J connectivity index is 1.53. The van der Waals surface area contributed by atoms with Crippen molar-refractivity contribution in [3.63, 3.8) is 0 Å². The molecule has 1 unspecified atom stereocenters. The quantitative estimate of drug-likeness (QED) is 0.766. The van der Waals surface area contributed by atoms with Gasteiger partial charge in [0.05, 0.1) is 0 Å². The number of rotatable bonds is 6. The van der Waals surface area contributed by atoms with Gasteiger partial charge >= 0.3 is 6.03 Å². The molecule has 1 aromatic rings. The van der Waals surface area contributed by atoms with Crippen molar-refractivity contribution in [3.05, 3.63) is 29.8 Å². The molecule has 1 saturated heterocycles. The maximum atomic E-state index is 12.6. The number of hydrogen-bond acceptors (Lipinski definition) is 3. The Morgan fingerprint density at radius 3 is 2.50 bits per heavy atom. The molecule has 140 valence electrons. The summed E-state index contributed by atoms with van der Waals surface area (Å²) in [5.74, 6) is 0.113. The minimum Gasteiger partial charge on any atom is -0.326 e. The lowest BCUT2D eigenvalue weighted by Crippen LogP contribution is -2.44. The third kappa shape index (κ3) is 3.59. The van der Waals surface area contributed by atoms with E-state index in [1.165, 1.54) is 10.5 Å². The monoisotopic (exact) mass is 357 g/mol. The Morgan fingerprint density at radius 1 is 1.23 bits per heavy atom. The molecule has 1 aromatic carbocycles. The van der Waals surface area contributed by atoms with E-state index in [2.05, 4.69) is 24.5 Å². The van der Waals surface area contributed by atoms with E-state index in [4.69, 9.17) is 0 Å². The fourth-order valence-electron chi connectivity index (χ4n) is 3.76. The van der Waals surface area contributed by atoms with Gasteiger partial charge in [-0.15, -0.1) is 0 Å². The third-order valence-corrected chi connectivity index (χ3v) is 5.64. The largest absolute Gasteiger partial charge is 0.326 e. The summed E-state index contributed by atoms with van der Waals surface area (Å²) in [5.41, 5.74) is 1.26. The summed E-state index contributed by atoms with van der Waals surface area (Å²) in [4.78, 5) is 38.0. The first-order chi connectivity index (χ1) is 12.4. The fourth-order valence-corrected chi connectivity index (χ4v) is 3.76. The minimum absolute atomic E-state index is 0.0996. The fraction of sp³-hybridized carbons (Fsp3) is 0.550. The van der Waals surface area contributed by atoms with Crippen LogP contribution < -0.4 is 10.6 Å². The van der Waals surface area contributed by atoms with Gasteiger partial charge < -0.3 is 10.6 Å². The smallest absolute Gasteiger partial charge is 0.325 e. The molecule has 0 aromatic heterocycles. The summed E-state index contributed by atoms with van der Waals surface area (Å²) in [6.07, 6.45) is 4.47. The van der Waals surface area contributed by atoms with E-state index in [9.17, 15) is 14.4 Å². The first kappa shape index (κ1) is 18.4. The summed E-state index contributed by atoms with van der Waals surface area (Å²) < 4.78 is 0. The van der Waals surface area contributed by atoms with Crippen molar-refractivity contribution in [2.24, 2.45) is 0 Å². The molecule has 1 heterocycles. The summed E-state index contributed by atoms with van der Waals surface area (Å²) in [6.45, 7) is 4.43. The highest BCUT2D eigenvalue weighted by Crippen LogP contribution is 2.35. The zero-order chi connectivity index (χ0) is 18.7. The molecule has 1 aliphatic heterocycles. The van der Waals surface area contributed by atoms with Crippen molar-refractivity contribution in [1.82, 2.24) is 10.2 Å². The predicted octanol–water partition coefficient (Wildman–Crippen LogP) is 3.39. The number of anilines is 1. The van der Waals surface area contributed by atoms with E-state index in [0.717, 1.165) is 24.9 Å². The van der Waals surface area contributed by atoms with Gasteiger partial charge in [-0.25, -0.2) is 4.79 Å². The summed E-state index contributed by atoms with van der Waals surface area (Å²) in [5, 5.41) is 5.66. The van der Waals surface area contributed by atoms with Gasteiger partial charge in [0.2, 0.25) is 5.91 Å². The molecule has 2 aliphatic rings. The summed E-state index contributed by atoms with van der Waals surface area (Å²) in [6, 6.07) is 7.44. The SMILES string of the molecule is CCC(C)c1ccc(NC(=O)CCN2C(=O)NC3(CCCC3)C2=O)cc1. The van der Waals surface area contributed by atoms with Crippen LogP contribution >= 0.6 is 0 Å². The molecule has 4 amide bonds. The van der Waals surface area contributed by atoms with Crippen LogP contribution in [0.25, 0.3) is 0 Å². The Hall–Kier alpha value is -2.37. The molecule has 1 saturated carbocycles. The number of imide groups is 1. The zero-order valence-corrected chi connectivity index (χ0v) is 15.5. The Kier molecular flexibility index (Phi) is 5.30. The van der Waals surface area contributed by atoms with Crippen LogP contribution in [0.3, 0.4) is 0 Å². The number of urea groups is 1. The van der Waals surface area contributed by atoms with Gasteiger partial charge in [0, 0.05) is 18.7 Å². The van der Waals surface area contributed by atoms with Crippen LogP contribution in [0.5, 0.6) is 0 Å². The molecule has 6 nitrogen and oxygen atoms in total. The average molecular weight is 357 g/mol. The molecule has 0 radical (unpaired) electrons. The van der Waals surface area contributed by atoms with E-state index in [1.807, 2.05) is 24.3 Å². The molecule has 2 N–H and O–H groups in total. The van der Waals surface area contributed by atoms with Crippen molar-refractivity contribution in [2.45, 2.75) is 63.8 Å². The van der Waals surface area contributed by atoms with E-state index in [-0.39, 0.29) is 30.8 Å². The molecule has 6 heteroatoms. The lowest BCUT2D eigenvalue weighted by molar-refractivity contribution is -0.131. The number of hydrogen-bond donors (Lipinski definition) is 2. The second-order valence-corrected chi connectivity index (χ2v) is 7.41. The van der Waals surface area contributed by atoms with Crippen LogP contribution in [0, 0.1) is 0 Å². The van der Waals surface area contributed by atoms with E-state index in [0.29, 0.717) is 18.8 Å². The van der Waals surface area contributed by atoms with Crippen molar-refractivity contribution >= 4 is 23.5 Å². The van der Waals surface area contributed by atoms with Gasteiger partial charge in [0.1, 0.15) is 5.54 Å². The van der Waals surface area contributed by atoms with Crippen molar-refractivity contribution < 1.29 is 14.4 Å². The van der Waals surface area contributed by atoms with Gasteiger partial charge in [-0.2, -0.15) is 0 Å². The van der Waals surface area contributed by atoms with E-state index in [1.54, 1.807) is 0 Å². The highest BCUT2D eigenvalue weighted by atomic mass is 16.2. The first-order valence-corrected chi connectivity index (χ1v) is 9.49. The molecule has 2 fully saturated rings. The zero-order valence-electron chi connectivity index (χ0n) is 15.5. The molecule has 1 spiro atoms.